The lowest BCUT2D eigenvalue weighted by Gasteiger charge is -2.03. The molecule has 0 aliphatic rings. The van der Waals surface area contributed by atoms with Gasteiger partial charge in [-0.3, -0.25) is 0 Å². The fourth-order valence-electron chi connectivity index (χ4n) is 1.01. The first-order valence-electron chi connectivity index (χ1n) is 3.51. The molecule has 0 aliphatic heterocycles. The van der Waals surface area contributed by atoms with Crippen molar-refractivity contribution in [2.45, 2.75) is 11.8 Å². The molecule has 0 heterocycles. The fraction of sp³-hybridized carbons (Fsp3) is 0.125. The van der Waals surface area contributed by atoms with Gasteiger partial charge in [0.15, 0.2) is 0 Å². The second-order valence-electron chi connectivity index (χ2n) is 2.67. The van der Waals surface area contributed by atoms with Crippen LogP contribution in [0.3, 0.4) is 0 Å². The van der Waals surface area contributed by atoms with Gasteiger partial charge in [-0.2, -0.15) is 5.26 Å². The minimum atomic E-state index is -3.87. The van der Waals surface area contributed by atoms with E-state index in [4.69, 9.17) is 15.9 Å². The lowest BCUT2D eigenvalue weighted by molar-refractivity contribution is 0.609. The van der Waals surface area contributed by atoms with Gasteiger partial charge in [0.05, 0.1) is 5.56 Å². The zero-order valence-corrected chi connectivity index (χ0v) is 10.2. The number of hydrogen-bond donors (Lipinski definition) is 0. The summed E-state index contributed by atoms with van der Waals surface area (Å²) in [5.41, 5.74) is 0.751. The van der Waals surface area contributed by atoms with Gasteiger partial charge in [-0.05, 0) is 40.5 Å². The highest BCUT2D eigenvalue weighted by atomic mass is 79.9. The van der Waals surface area contributed by atoms with Gasteiger partial charge in [-0.15, -0.1) is 0 Å². The molecule has 0 bridgehead atoms. The molecule has 14 heavy (non-hydrogen) atoms. The summed E-state index contributed by atoms with van der Waals surface area (Å²) in [6.07, 6.45) is 0. The van der Waals surface area contributed by atoms with Gasteiger partial charge >= 0.3 is 0 Å². The van der Waals surface area contributed by atoms with Crippen LogP contribution in [0.15, 0.2) is 21.5 Å². The quantitative estimate of drug-likeness (QED) is 0.748. The predicted octanol–water partition coefficient (Wildman–Crippen LogP) is 2.56. The van der Waals surface area contributed by atoms with Gasteiger partial charge in [0.25, 0.3) is 9.05 Å². The summed E-state index contributed by atoms with van der Waals surface area (Å²) in [5.74, 6) is 0. The van der Waals surface area contributed by atoms with Crippen LogP contribution in [0.1, 0.15) is 11.1 Å². The van der Waals surface area contributed by atoms with Gasteiger partial charge in [-0.1, -0.05) is 0 Å². The van der Waals surface area contributed by atoms with Crippen molar-refractivity contribution >= 4 is 35.7 Å². The van der Waals surface area contributed by atoms with Crippen molar-refractivity contribution in [1.29, 1.82) is 5.26 Å². The molecular formula is C8H5BrClNO2S. The second kappa shape index (κ2) is 3.89. The maximum absolute atomic E-state index is 11.1. The molecule has 1 aromatic rings. The summed E-state index contributed by atoms with van der Waals surface area (Å²) in [5, 5.41) is 8.75. The molecule has 0 atom stereocenters. The Hall–Kier alpha value is -0.570. The first kappa shape index (κ1) is 11.5. The van der Waals surface area contributed by atoms with Gasteiger partial charge < -0.3 is 0 Å². The van der Waals surface area contributed by atoms with E-state index in [2.05, 4.69) is 15.9 Å². The van der Waals surface area contributed by atoms with E-state index < -0.39 is 9.05 Å². The molecule has 0 saturated heterocycles. The molecule has 0 N–H and O–H groups in total. The Morgan fingerprint density at radius 1 is 1.50 bits per heavy atom. The highest BCUT2D eigenvalue weighted by molar-refractivity contribution is 9.10. The number of hydrogen-bond acceptors (Lipinski definition) is 3. The molecule has 1 rings (SSSR count). The van der Waals surface area contributed by atoms with Gasteiger partial charge in [-0.25, -0.2) is 8.42 Å². The van der Waals surface area contributed by atoms with Gasteiger partial charge in [0.2, 0.25) is 0 Å². The summed E-state index contributed by atoms with van der Waals surface area (Å²) < 4.78 is 22.7. The molecule has 0 unspecified atom stereocenters. The predicted molar refractivity (Wildman–Crippen MR) is 56.6 cm³/mol. The van der Waals surface area contributed by atoms with Crippen LogP contribution in [0.2, 0.25) is 0 Å². The van der Waals surface area contributed by atoms with E-state index in [0.717, 1.165) is 5.56 Å². The highest BCUT2D eigenvalue weighted by Crippen LogP contribution is 2.27. The fourth-order valence-corrected chi connectivity index (χ4v) is 2.90. The smallest absolute Gasteiger partial charge is 0.207 e. The van der Waals surface area contributed by atoms with E-state index in [1.165, 1.54) is 6.07 Å². The molecule has 0 radical (unpaired) electrons. The molecule has 0 fully saturated rings. The summed E-state index contributed by atoms with van der Waals surface area (Å²) in [7, 11) is 1.32. The Labute approximate surface area is 94.9 Å². The lowest BCUT2D eigenvalue weighted by atomic mass is 10.2. The van der Waals surface area contributed by atoms with E-state index in [9.17, 15) is 8.42 Å². The average molecular weight is 295 g/mol. The molecule has 0 aromatic heterocycles. The first-order valence-corrected chi connectivity index (χ1v) is 6.61. The van der Waals surface area contributed by atoms with E-state index in [-0.39, 0.29) is 10.5 Å². The molecule has 6 heteroatoms. The number of halogens is 2. The highest BCUT2D eigenvalue weighted by Gasteiger charge is 2.18. The van der Waals surface area contributed by atoms with Crippen LogP contribution in [0.5, 0.6) is 0 Å². The Morgan fingerprint density at radius 3 is 2.50 bits per heavy atom. The third kappa shape index (κ3) is 2.27. The van der Waals surface area contributed by atoms with Crippen LogP contribution < -0.4 is 0 Å². The van der Waals surface area contributed by atoms with Crippen LogP contribution in [0, 0.1) is 18.3 Å². The molecule has 74 valence electrons. The Balaban J connectivity index is 3.68. The van der Waals surface area contributed by atoms with Crippen molar-refractivity contribution in [3.05, 3.63) is 27.7 Å². The summed E-state index contributed by atoms with van der Waals surface area (Å²) in [4.78, 5) is -0.159. The Morgan fingerprint density at radius 2 is 2.07 bits per heavy atom. The van der Waals surface area contributed by atoms with Crippen molar-refractivity contribution in [1.82, 2.24) is 0 Å². The van der Waals surface area contributed by atoms with Crippen molar-refractivity contribution in [3.63, 3.8) is 0 Å². The summed E-state index contributed by atoms with van der Waals surface area (Å²) in [6, 6.07) is 4.81. The second-order valence-corrected chi connectivity index (χ2v) is 6.06. The van der Waals surface area contributed by atoms with Gasteiger partial charge in [0.1, 0.15) is 11.0 Å². The molecule has 0 aliphatic carbocycles. The molecule has 3 nitrogen and oxygen atoms in total. The third-order valence-electron chi connectivity index (χ3n) is 1.57. The number of aryl methyl sites for hydroxylation is 1. The molecule has 0 saturated carbocycles. The number of benzene rings is 1. The standard InChI is InChI=1S/C8H5BrClNO2S/c1-5-2-7(9)6(4-11)8(3-5)14(10,12)13/h2-3H,1H3. The Bertz CT molecular complexity index is 519. The van der Waals surface area contributed by atoms with E-state index >= 15 is 0 Å². The topological polar surface area (TPSA) is 57.9 Å². The molecule has 1 aromatic carbocycles. The zero-order valence-electron chi connectivity index (χ0n) is 7.08. The molecule has 0 spiro atoms. The van der Waals surface area contributed by atoms with E-state index in [0.29, 0.717) is 4.47 Å². The maximum atomic E-state index is 11.1. The van der Waals surface area contributed by atoms with Crippen molar-refractivity contribution in [3.8, 4) is 6.07 Å². The maximum Gasteiger partial charge on any atom is 0.262 e. The number of rotatable bonds is 1. The van der Waals surface area contributed by atoms with Gasteiger partial charge in [0, 0.05) is 15.2 Å². The normalized spacial score (nSPS) is 11.0. The first-order chi connectivity index (χ1) is 6.36. The zero-order chi connectivity index (χ0) is 10.9. The Kier molecular flexibility index (Phi) is 3.20. The van der Waals surface area contributed by atoms with Crippen molar-refractivity contribution < 1.29 is 8.42 Å². The average Bonchev–Trinajstić information content (AvgIpc) is 2.01. The molecule has 0 amide bonds. The lowest BCUT2D eigenvalue weighted by Crippen LogP contribution is -1.97. The monoisotopic (exact) mass is 293 g/mol. The largest absolute Gasteiger partial charge is 0.262 e. The van der Waals surface area contributed by atoms with E-state index in [1.54, 1.807) is 19.1 Å². The van der Waals surface area contributed by atoms with Crippen molar-refractivity contribution in [2.75, 3.05) is 0 Å². The third-order valence-corrected chi connectivity index (χ3v) is 3.54. The van der Waals surface area contributed by atoms with E-state index in [1.807, 2.05) is 0 Å². The van der Waals surface area contributed by atoms with Crippen molar-refractivity contribution in [2.24, 2.45) is 0 Å². The summed E-state index contributed by atoms with van der Waals surface area (Å²) in [6.45, 7) is 1.72. The molecular weight excluding hydrogens is 290 g/mol. The van der Waals surface area contributed by atoms with Crippen LogP contribution in [0.4, 0.5) is 0 Å². The minimum Gasteiger partial charge on any atom is -0.207 e. The minimum absolute atomic E-state index is 0.0330. The number of nitrogens with zero attached hydrogens (tertiary/aromatic N) is 1. The van der Waals surface area contributed by atoms with Crippen LogP contribution >= 0.6 is 26.6 Å². The SMILES string of the molecule is Cc1cc(Br)c(C#N)c(S(=O)(=O)Cl)c1. The number of nitriles is 1. The van der Waals surface area contributed by atoms with Crippen LogP contribution in [-0.4, -0.2) is 8.42 Å². The van der Waals surface area contributed by atoms with Crippen LogP contribution in [-0.2, 0) is 9.05 Å². The van der Waals surface area contributed by atoms with Crippen LogP contribution in [0.25, 0.3) is 0 Å². The summed E-state index contributed by atoms with van der Waals surface area (Å²) >= 11 is 3.10.